The summed E-state index contributed by atoms with van der Waals surface area (Å²) in [6.07, 6.45) is 3.81. The molecule has 98 valence electrons. The van der Waals surface area contributed by atoms with Crippen molar-refractivity contribution in [3.63, 3.8) is 0 Å². The molecular formula is C16H23NO. The summed E-state index contributed by atoms with van der Waals surface area (Å²) < 4.78 is 6.09. The van der Waals surface area contributed by atoms with Gasteiger partial charge in [0.05, 0.1) is 0 Å². The molecule has 0 bridgehead atoms. The van der Waals surface area contributed by atoms with Crippen molar-refractivity contribution >= 4 is 0 Å². The topological polar surface area (TPSA) is 21.3 Å². The minimum absolute atomic E-state index is 0.0411. The highest BCUT2D eigenvalue weighted by Crippen LogP contribution is 2.38. The number of hydrogen-bond acceptors (Lipinski definition) is 2. The lowest BCUT2D eigenvalue weighted by atomic mass is 10.0. The van der Waals surface area contributed by atoms with Crippen LogP contribution in [0.3, 0.4) is 0 Å². The fourth-order valence-corrected chi connectivity index (χ4v) is 2.85. The lowest BCUT2D eigenvalue weighted by Crippen LogP contribution is -2.28. The van der Waals surface area contributed by atoms with Gasteiger partial charge in [-0.1, -0.05) is 18.2 Å². The van der Waals surface area contributed by atoms with Crippen molar-refractivity contribution in [1.82, 2.24) is 5.32 Å². The van der Waals surface area contributed by atoms with E-state index in [-0.39, 0.29) is 5.60 Å². The third-order valence-electron chi connectivity index (χ3n) is 4.12. The molecule has 0 spiro atoms. The number of benzene rings is 1. The van der Waals surface area contributed by atoms with Crippen LogP contribution in [0.5, 0.6) is 5.75 Å². The van der Waals surface area contributed by atoms with Gasteiger partial charge in [0.2, 0.25) is 0 Å². The van der Waals surface area contributed by atoms with Crippen LogP contribution < -0.4 is 10.1 Å². The first kappa shape index (κ1) is 12.0. The second-order valence-electron chi connectivity index (χ2n) is 6.45. The smallest absolute Gasteiger partial charge is 0.127 e. The molecule has 1 fully saturated rings. The van der Waals surface area contributed by atoms with Gasteiger partial charge in [-0.25, -0.2) is 0 Å². The third-order valence-corrected chi connectivity index (χ3v) is 4.12. The molecule has 0 amide bonds. The Kier molecular flexibility index (Phi) is 2.86. The van der Waals surface area contributed by atoms with Crippen molar-refractivity contribution in [2.45, 2.75) is 58.2 Å². The molecule has 1 saturated carbocycles. The van der Waals surface area contributed by atoms with E-state index in [9.17, 15) is 0 Å². The zero-order valence-corrected chi connectivity index (χ0v) is 11.6. The Bertz CT molecular complexity index is 448. The van der Waals surface area contributed by atoms with E-state index < -0.39 is 0 Å². The molecule has 3 rings (SSSR count). The van der Waals surface area contributed by atoms with E-state index in [1.54, 1.807) is 0 Å². The van der Waals surface area contributed by atoms with Crippen LogP contribution in [0, 0.1) is 5.92 Å². The summed E-state index contributed by atoms with van der Waals surface area (Å²) >= 11 is 0. The molecule has 1 aliphatic carbocycles. The van der Waals surface area contributed by atoms with Gasteiger partial charge in [0.1, 0.15) is 11.4 Å². The Labute approximate surface area is 110 Å². The van der Waals surface area contributed by atoms with Gasteiger partial charge >= 0.3 is 0 Å². The van der Waals surface area contributed by atoms with Crippen molar-refractivity contribution < 1.29 is 4.74 Å². The van der Waals surface area contributed by atoms with E-state index in [2.05, 4.69) is 44.3 Å². The largest absolute Gasteiger partial charge is 0.487 e. The number of rotatable bonds is 4. The predicted octanol–water partition coefficient (Wildman–Crippen LogP) is 3.29. The number of ether oxygens (including phenoxy) is 1. The first-order valence-electron chi connectivity index (χ1n) is 7.08. The molecule has 1 unspecified atom stereocenters. The Hall–Kier alpha value is -1.02. The van der Waals surface area contributed by atoms with Crippen LogP contribution in [0.25, 0.3) is 0 Å². The van der Waals surface area contributed by atoms with Crippen molar-refractivity contribution in [3.8, 4) is 5.75 Å². The monoisotopic (exact) mass is 245 g/mol. The van der Waals surface area contributed by atoms with Gasteiger partial charge in [0, 0.05) is 24.6 Å². The first-order valence-corrected chi connectivity index (χ1v) is 7.08. The summed E-state index contributed by atoms with van der Waals surface area (Å²) in [5.41, 5.74) is 2.63. The van der Waals surface area contributed by atoms with Crippen molar-refractivity contribution in [2.24, 2.45) is 5.92 Å². The van der Waals surface area contributed by atoms with Crippen LogP contribution in [0.1, 0.15) is 44.7 Å². The number of fused-ring (bicyclic) bond motifs is 1. The fraction of sp³-hybridized carbons (Fsp3) is 0.625. The molecule has 1 aromatic carbocycles. The second-order valence-corrected chi connectivity index (χ2v) is 6.45. The van der Waals surface area contributed by atoms with E-state index in [0.29, 0.717) is 6.04 Å². The zero-order chi connectivity index (χ0) is 12.8. The Morgan fingerprint density at radius 3 is 2.89 bits per heavy atom. The predicted molar refractivity (Wildman–Crippen MR) is 73.9 cm³/mol. The molecule has 1 atom stereocenters. The summed E-state index contributed by atoms with van der Waals surface area (Å²) in [4.78, 5) is 0. The standard InChI is InChI=1S/C16H23NO/c1-11(12-7-8-12)17-10-14-6-4-5-13-9-16(2,3)18-15(13)14/h4-6,11-12,17H,7-10H2,1-3H3. The van der Waals surface area contributed by atoms with Crippen molar-refractivity contribution in [2.75, 3.05) is 0 Å². The molecule has 0 aromatic heterocycles. The van der Waals surface area contributed by atoms with Crippen molar-refractivity contribution in [3.05, 3.63) is 29.3 Å². The Morgan fingerprint density at radius 2 is 2.17 bits per heavy atom. The molecule has 2 nitrogen and oxygen atoms in total. The Morgan fingerprint density at radius 1 is 1.39 bits per heavy atom. The van der Waals surface area contributed by atoms with E-state index in [0.717, 1.165) is 24.6 Å². The molecular weight excluding hydrogens is 222 g/mol. The van der Waals surface area contributed by atoms with Gasteiger partial charge in [0.15, 0.2) is 0 Å². The summed E-state index contributed by atoms with van der Waals surface area (Å²) in [6.45, 7) is 7.55. The van der Waals surface area contributed by atoms with Crippen LogP contribution in [0.4, 0.5) is 0 Å². The van der Waals surface area contributed by atoms with Crippen LogP contribution in [-0.2, 0) is 13.0 Å². The maximum absolute atomic E-state index is 6.09. The average molecular weight is 245 g/mol. The first-order chi connectivity index (χ1) is 8.55. The minimum Gasteiger partial charge on any atom is -0.487 e. The number of nitrogens with one attached hydrogen (secondary N) is 1. The molecule has 18 heavy (non-hydrogen) atoms. The number of para-hydroxylation sites is 1. The highest BCUT2D eigenvalue weighted by Gasteiger charge is 2.32. The van der Waals surface area contributed by atoms with E-state index in [4.69, 9.17) is 4.74 Å². The molecule has 1 aromatic rings. The molecule has 1 aliphatic heterocycles. The SMILES string of the molecule is CC(NCc1cccc2c1OC(C)(C)C2)C1CC1. The summed E-state index contributed by atoms with van der Waals surface area (Å²) in [5.74, 6) is 2.03. The lowest BCUT2D eigenvalue weighted by molar-refractivity contribution is 0.137. The normalized spacial score (nSPS) is 22.4. The van der Waals surface area contributed by atoms with Crippen LogP contribution in [0.15, 0.2) is 18.2 Å². The summed E-state index contributed by atoms with van der Waals surface area (Å²) in [5, 5.41) is 3.64. The van der Waals surface area contributed by atoms with E-state index in [1.165, 1.54) is 24.0 Å². The molecule has 0 saturated heterocycles. The quantitative estimate of drug-likeness (QED) is 0.879. The summed E-state index contributed by atoms with van der Waals surface area (Å²) in [7, 11) is 0. The van der Waals surface area contributed by atoms with Crippen LogP contribution in [0.2, 0.25) is 0 Å². The molecule has 2 aliphatic rings. The minimum atomic E-state index is -0.0411. The second kappa shape index (κ2) is 4.27. The van der Waals surface area contributed by atoms with Gasteiger partial charge in [-0.3, -0.25) is 0 Å². The van der Waals surface area contributed by atoms with Gasteiger partial charge < -0.3 is 10.1 Å². The average Bonchev–Trinajstić information content (AvgIpc) is 3.08. The number of hydrogen-bond donors (Lipinski definition) is 1. The van der Waals surface area contributed by atoms with Crippen molar-refractivity contribution in [1.29, 1.82) is 0 Å². The molecule has 2 heteroatoms. The molecule has 0 radical (unpaired) electrons. The fourth-order valence-electron chi connectivity index (χ4n) is 2.85. The van der Waals surface area contributed by atoms with Crippen LogP contribution >= 0.6 is 0 Å². The highest BCUT2D eigenvalue weighted by molar-refractivity contribution is 5.45. The van der Waals surface area contributed by atoms with Gasteiger partial charge in [-0.15, -0.1) is 0 Å². The van der Waals surface area contributed by atoms with Crippen LogP contribution in [-0.4, -0.2) is 11.6 Å². The molecule has 1 heterocycles. The van der Waals surface area contributed by atoms with E-state index in [1.807, 2.05) is 0 Å². The van der Waals surface area contributed by atoms with Gasteiger partial charge in [-0.05, 0) is 45.1 Å². The maximum Gasteiger partial charge on any atom is 0.127 e. The van der Waals surface area contributed by atoms with Gasteiger partial charge in [-0.2, -0.15) is 0 Å². The summed E-state index contributed by atoms with van der Waals surface area (Å²) in [6, 6.07) is 7.17. The Balaban J connectivity index is 1.71. The highest BCUT2D eigenvalue weighted by atomic mass is 16.5. The third kappa shape index (κ3) is 2.39. The maximum atomic E-state index is 6.09. The van der Waals surface area contributed by atoms with E-state index >= 15 is 0 Å². The van der Waals surface area contributed by atoms with Gasteiger partial charge in [0.25, 0.3) is 0 Å². The lowest BCUT2D eigenvalue weighted by Gasteiger charge is -2.19. The molecule has 1 N–H and O–H groups in total. The zero-order valence-electron chi connectivity index (χ0n) is 11.6.